The van der Waals surface area contributed by atoms with Crippen molar-refractivity contribution in [3.05, 3.63) is 12.7 Å². The van der Waals surface area contributed by atoms with E-state index in [-0.39, 0.29) is 5.91 Å². The van der Waals surface area contributed by atoms with Crippen molar-refractivity contribution < 1.29 is 4.79 Å². The maximum Gasteiger partial charge on any atom is 0.234 e. The third-order valence-electron chi connectivity index (χ3n) is 1.67. The van der Waals surface area contributed by atoms with E-state index in [0.717, 1.165) is 6.42 Å². The van der Waals surface area contributed by atoms with Gasteiger partial charge in [0.25, 0.3) is 0 Å². The third kappa shape index (κ3) is 5.92. The summed E-state index contributed by atoms with van der Waals surface area (Å²) in [6.07, 6.45) is 2.70. The standard InChI is InChI=1S/C9H18N2O/c1-4-6-10-9(12)7-11-8(3)5-2/h4,8,11H,1,5-7H2,2-3H3,(H,10,12). The van der Waals surface area contributed by atoms with Gasteiger partial charge in [0.2, 0.25) is 5.91 Å². The van der Waals surface area contributed by atoms with Gasteiger partial charge in [-0.25, -0.2) is 0 Å². The molecule has 0 spiro atoms. The highest BCUT2D eigenvalue weighted by molar-refractivity contribution is 5.78. The predicted octanol–water partition coefficient (Wildman–Crippen LogP) is 0.677. The van der Waals surface area contributed by atoms with Crippen LogP contribution in [0.15, 0.2) is 12.7 Å². The van der Waals surface area contributed by atoms with Crippen molar-refractivity contribution >= 4 is 5.91 Å². The van der Waals surface area contributed by atoms with Gasteiger partial charge in [-0.15, -0.1) is 6.58 Å². The van der Waals surface area contributed by atoms with Gasteiger partial charge in [-0.1, -0.05) is 13.0 Å². The third-order valence-corrected chi connectivity index (χ3v) is 1.67. The van der Waals surface area contributed by atoms with Crippen LogP contribution < -0.4 is 10.6 Å². The van der Waals surface area contributed by atoms with Gasteiger partial charge < -0.3 is 10.6 Å². The van der Waals surface area contributed by atoms with Crippen molar-refractivity contribution in [2.45, 2.75) is 26.3 Å². The molecule has 0 aliphatic carbocycles. The maximum atomic E-state index is 11.0. The molecule has 0 aromatic carbocycles. The van der Waals surface area contributed by atoms with Crippen molar-refractivity contribution in [1.82, 2.24) is 10.6 Å². The summed E-state index contributed by atoms with van der Waals surface area (Å²) < 4.78 is 0. The maximum absolute atomic E-state index is 11.0. The Kier molecular flexibility index (Phi) is 6.38. The normalized spacial score (nSPS) is 12.2. The number of carbonyl (C=O) groups excluding carboxylic acids is 1. The summed E-state index contributed by atoms with van der Waals surface area (Å²) >= 11 is 0. The highest BCUT2D eigenvalue weighted by atomic mass is 16.1. The Morgan fingerprint density at radius 2 is 2.33 bits per heavy atom. The molecular formula is C9H18N2O. The monoisotopic (exact) mass is 170 g/mol. The molecule has 0 saturated carbocycles. The van der Waals surface area contributed by atoms with Gasteiger partial charge in [0, 0.05) is 12.6 Å². The molecule has 3 nitrogen and oxygen atoms in total. The summed E-state index contributed by atoms with van der Waals surface area (Å²) in [6, 6.07) is 0.402. The van der Waals surface area contributed by atoms with E-state index in [1.807, 2.05) is 0 Å². The highest BCUT2D eigenvalue weighted by Gasteiger charge is 2.01. The number of carbonyl (C=O) groups is 1. The lowest BCUT2D eigenvalue weighted by Gasteiger charge is -2.10. The number of amides is 1. The minimum Gasteiger partial charge on any atom is -0.352 e. The zero-order chi connectivity index (χ0) is 9.40. The molecule has 0 rings (SSSR count). The SMILES string of the molecule is C=CCNC(=O)CNC(C)CC. The van der Waals surface area contributed by atoms with Gasteiger partial charge in [0.1, 0.15) is 0 Å². The van der Waals surface area contributed by atoms with Crippen LogP contribution in [0.3, 0.4) is 0 Å². The molecule has 0 aromatic heterocycles. The predicted molar refractivity (Wildman–Crippen MR) is 51.0 cm³/mol. The molecule has 0 aliphatic heterocycles. The van der Waals surface area contributed by atoms with Gasteiger partial charge in [-0.05, 0) is 13.3 Å². The molecule has 0 fully saturated rings. The van der Waals surface area contributed by atoms with Crippen LogP contribution in [-0.4, -0.2) is 25.0 Å². The summed E-state index contributed by atoms with van der Waals surface area (Å²) in [5.41, 5.74) is 0. The summed E-state index contributed by atoms with van der Waals surface area (Å²) in [5, 5.41) is 5.79. The minimum absolute atomic E-state index is 0.0233. The fraction of sp³-hybridized carbons (Fsp3) is 0.667. The first-order valence-electron chi connectivity index (χ1n) is 4.31. The van der Waals surface area contributed by atoms with Gasteiger partial charge in [-0.3, -0.25) is 4.79 Å². The molecule has 12 heavy (non-hydrogen) atoms. The minimum atomic E-state index is 0.0233. The molecule has 0 bridgehead atoms. The zero-order valence-electron chi connectivity index (χ0n) is 7.89. The van der Waals surface area contributed by atoms with E-state index >= 15 is 0 Å². The van der Waals surface area contributed by atoms with Gasteiger partial charge in [-0.2, -0.15) is 0 Å². The molecule has 0 aliphatic rings. The molecule has 0 heterocycles. The van der Waals surface area contributed by atoms with E-state index in [0.29, 0.717) is 19.1 Å². The topological polar surface area (TPSA) is 41.1 Å². The van der Waals surface area contributed by atoms with Crippen LogP contribution in [0.2, 0.25) is 0 Å². The van der Waals surface area contributed by atoms with E-state index in [4.69, 9.17) is 0 Å². The quantitative estimate of drug-likeness (QED) is 0.575. The Morgan fingerprint density at radius 1 is 1.67 bits per heavy atom. The summed E-state index contributed by atoms with van der Waals surface area (Å²) in [7, 11) is 0. The van der Waals surface area contributed by atoms with E-state index < -0.39 is 0 Å². The van der Waals surface area contributed by atoms with Gasteiger partial charge in [0.15, 0.2) is 0 Å². The lowest BCUT2D eigenvalue weighted by atomic mass is 10.2. The smallest absolute Gasteiger partial charge is 0.234 e. The second-order valence-corrected chi connectivity index (χ2v) is 2.78. The molecule has 0 aromatic rings. The summed E-state index contributed by atoms with van der Waals surface area (Å²) in [4.78, 5) is 11.0. The molecule has 70 valence electrons. The molecule has 0 saturated heterocycles. The number of hydrogen-bond acceptors (Lipinski definition) is 2. The van der Waals surface area contributed by atoms with Crippen molar-refractivity contribution in [1.29, 1.82) is 0 Å². The average Bonchev–Trinajstić information content (AvgIpc) is 2.10. The molecule has 1 amide bonds. The Morgan fingerprint density at radius 3 is 2.83 bits per heavy atom. The largest absolute Gasteiger partial charge is 0.352 e. The molecule has 0 radical (unpaired) electrons. The molecular weight excluding hydrogens is 152 g/mol. The van der Waals surface area contributed by atoms with Crippen LogP contribution in [0, 0.1) is 0 Å². The highest BCUT2D eigenvalue weighted by Crippen LogP contribution is 1.85. The molecule has 1 atom stereocenters. The number of hydrogen-bond donors (Lipinski definition) is 2. The second kappa shape index (κ2) is 6.85. The van der Waals surface area contributed by atoms with E-state index in [1.165, 1.54) is 0 Å². The summed E-state index contributed by atoms with van der Waals surface area (Å²) in [5.74, 6) is 0.0233. The van der Waals surface area contributed by atoms with E-state index in [1.54, 1.807) is 6.08 Å². The van der Waals surface area contributed by atoms with Crippen LogP contribution in [-0.2, 0) is 4.79 Å². The van der Waals surface area contributed by atoms with Crippen molar-refractivity contribution in [2.75, 3.05) is 13.1 Å². The lowest BCUT2D eigenvalue weighted by Crippen LogP contribution is -2.37. The van der Waals surface area contributed by atoms with Crippen LogP contribution in [0.4, 0.5) is 0 Å². The number of nitrogens with one attached hydrogen (secondary N) is 2. The Labute approximate surface area is 74.2 Å². The second-order valence-electron chi connectivity index (χ2n) is 2.78. The van der Waals surface area contributed by atoms with Crippen LogP contribution in [0.25, 0.3) is 0 Å². The Hall–Kier alpha value is -0.830. The van der Waals surface area contributed by atoms with Crippen LogP contribution in [0.1, 0.15) is 20.3 Å². The average molecular weight is 170 g/mol. The van der Waals surface area contributed by atoms with Crippen molar-refractivity contribution in [3.63, 3.8) is 0 Å². The van der Waals surface area contributed by atoms with Crippen molar-refractivity contribution in [3.8, 4) is 0 Å². The van der Waals surface area contributed by atoms with Crippen LogP contribution in [0.5, 0.6) is 0 Å². The first kappa shape index (κ1) is 11.2. The van der Waals surface area contributed by atoms with E-state index in [9.17, 15) is 4.79 Å². The van der Waals surface area contributed by atoms with Crippen molar-refractivity contribution in [2.24, 2.45) is 0 Å². The van der Waals surface area contributed by atoms with Crippen LogP contribution >= 0.6 is 0 Å². The Bertz CT molecular complexity index is 145. The van der Waals surface area contributed by atoms with Gasteiger partial charge >= 0.3 is 0 Å². The van der Waals surface area contributed by atoms with E-state index in [2.05, 4.69) is 31.1 Å². The fourth-order valence-electron chi connectivity index (χ4n) is 0.660. The molecule has 2 N–H and O–H groups in total. The first-order chi connectivity index (χ1) is 5.70. The first-order valence-corrected chi connectivity index (χ1v) is 4.31. The molecule has 3 heteroatoms. The summed E-state index contributed by atoms with van der Waals surface area (Å²) in [6.45, 7) is 8.58. The fourth-order valence-corrected chi connectivity index (χ4v) is 0.660. The molecule has 1 unspecified atom stereocenters. The van der Waals surface area contributed by atoms with Gasteiger partial charge in [0.05, 0.1) is 6.54 Å². The zero-order valence-corrected chi connectivity index (χ0v) is 7.89. The number of rotatable bonds is 6. The lowest BCUT2D eigenvalue weighted by molar-refractivity contribution is -0.120. The Balaban J connectivity index is 3.36.